The lowest BCUT2D eigenvalue weighted by atomic mass is 10.1. The lowest BCUT2D eigenvalue weighted by Gasteiger charge is -2.35. The van der Waals surface area contributed by atoms with Gasteiger partial charge in [-0.25, -0.2) is 9.37 Å². The standard InChI is InChI=1S/C16H17FN6O3S2/c17-9-4-2-1-3-8(9)13(25)21-11-12(18)22-16(23-14(11)26)28-7-10(24)20-15-19-5-6-27-15/h1-6,11-12,16,22H,7,18H2,(H,21,25)(H,23,26)(H,19,20,24). The highest BCUT2D eigenvalue weighted by Gasteiger charge is 2.35. The van der Waals surface area contributed by atoms with Gasteiger partial charge in [-0.15, -0.1) is 23.1 Å². The van der Waals surface area contributed by atoms with Gasteiger partial charge in [0.2, 0.25) is 11.8 Å². The van der Waals surface area contributed by atoms with Gasteiger partial charge >= 0.3 is 0 Å². The molecule has 28 heavy (non-hydrogen) atoms. The third-order valence-electron chi connectivity index (χ3n) is 3.72. The average molecular weight is 424 g/mol. The first-order valence-electron chi connectivity index (χ1n) is 8.12. The lowest BCUT2D eigenvalue weighted by molar-refractivity contribution is -0.125. The Morgan fingerprint density at radius 2 is 2.14 bits per heavy atom. The van der Waals surface area contributed by atoms with E-state index in [9.17, 15) is 18.8 Å². The molecule has 3 amide bonds. The van der Waals surface area contributed by atoms with Crippen molar-refractivity contribution in [2.75, 3.05) is 11.1 Å². The second-order valence-electron chi connectivity index (χ2n) is 5.71. The quantitative estimate of drug-likeness (QED) is 0.441. The largest absolute Gasteiger partial charge is 0.338 e. The number of nitrogens with zero attached hydrogens (tertiary/aromatic N) is 1. The molecule has 148 valence electrons. The van der Waals surface area contributed by atoms with Gasteiger partial charge in [0.15, 0.2) is 5.13 Å². The van der Waals surface area contributed by atoms with Crippen LogP contribution in [-0.2, 0) is 9.59 Å². The molecule has 1 fully saturated rings. The van der Waals surface area contributed by atoms with Crippen LogP contribution in [0.2, 0.25) is 0 Å². The van der Waals surface area contributed by atoms with Crippen molar-refractivity contribution in [1.82, 2.24) is 20.9 Å². The third-order valence-corrected chi connectivity index (χ3v) is 5.43. The summed E-state index contributed by atoms with van der Waals surface area (Å²) < 4.78 is 13.7. The first-order chi connectivity index (χ1) is 13.4. The van der Waals surface area contributed by atoms with Gasteiger partial charge in [-0.3, -0.25) is 19.7 Å². The highest BCUT2D eigenvalue weighted by Crippen LogP contribution is 2.14. The molecular formula is C16H17FN6O3S2. The molecule has 3 atom stereocenters. The molecule has 0 bridgehead atoms. The second-order valence-corrected chi connectivity index (χ2v) is 7.70. The first kappa shape index (κ1) is 20.2. The number of anilines is 1. The van der Waals surface area contributed by atoms with Crippen molar-refractivity contribution in [1.29, 1.82) is 0 Å². The Bertz CT molecular complexity index is 866. The number of rotatable bonds is 6. The van der Waals surface area contributed by atoms with Gasteiger partial charge in [0.25, 0.3) is 5.91 Å². The summed E-state index contributed by atoms with van der Waals surface area (Å²) in [5.74, 6) is -2.20. The van der Waals surface area contributed by atoms with E-state index in [1.165, 1.54) is 29.5 Å². The molecule has 1 aromatic heterocycles. The second kappa shape index (κ2) is 9.10. The summed E-state index contributed by atoms with van der Waals surface area (Å²) in [6.07, 6.45) is 0.662. The van der Waals surface area contributed by atoms with Crippen LogP contribution < -0.4 is 27.0 Å². The van der Waals surface area contributed by atoms with Crippen molar-refractivity contribution in [3.63, 3.8) is 0 Å². The van der Waals surface area contributed by atoms with Crippen LogP contribution in [0.1, 0.15) is 10.4 Å². The minimum absolute atomic E-state index is 0.0521. The van der Waals surface area contributed by atoms with E-state index in [1.807, 2.05) is 0 Å². The molecule has 0 aliphatic carbocycles. The molecule has 3 unspecified atom stereocenters. The Morgan fingerprint density at radius 3 is 2.82 bits per heavy atom. The molecule has 2 heterocycles. The first-order valence-corrected chi connectivity index (χ1v) is 10.1. The maximum absolute atomic E-state index is 13.7. The Hall–Kier alpha value is -2.54. The van der Waals surface area contributed by atoms with Gasteiger partial charge in [0.05, 0.1) is 17.5 Å². The highest BCUT2D eigenvalue weighted by atomic mass is 32.2. The average Bonchev–Trinajstić information content (AvgIpc) is 3.16. The van der Waals surface area contributed by atoms with Gasteiger partial charge in [0, 0.05) is 11.6 Å². The zero-order chi connectivity index (χ0) is 20.1. The monoisotopic (exact) mass is 424 g/mol. The number of carbonyl (C=O) groups is 3. The smallest absolute Gasteiger partial charge is 0.254 e. The fourth-order valence-corrected chi connectivity index (χ4v) is 3.79. The van der Waals surface area contributed by atoms with Crippen LogP contribution in [0.3, 0.4) is 0 Å². The van der Waals surface area contributed by atoms with Gasteiger partial charge in [-0.2, -0.15) is 0 Å². The number of hydrogen-bond acceptors (Lipinski definition) is 8. The van der Waals surface area contributed by atoms with Crippen molar-refractivity contribution in [3.05, 3.63) is 47.2 Å². The van der Waals surface area contributed by atoms with Crippen molar-refractivity contribution in [2.24, 2.45) is 5.73 Å². The van der Waals surface area contributed by atoms with E-state index in [-0.39, 0.29) is 17.2 Å². The molecular weight excluding hydrogens is 407 g/mol. The minimum Gasteiger partial charge on any atom is -0.338 e. The molecule has 3 rings (SSSR count). The number of nitrogens with one attached hydrogen (secondary N) is 4. The topological polar surface area (TPSA) is 138 Å². The zero-order valence-corrected chi connectivity index (χ0v) is 16.0. The fourth-order valence-electron chi connectivity index (χ4n) is 2.40. The number of hydrogen-bond donors (Lipinski definition) is 5. The third kappa shape index (κ3) is 5.04. The number of nitrogens with two attached hydrogens (primary N) is 1. The minimum atomic E-state index is -1.09. The molecule has 2 aromatic rings. The molecule has 1 aliphatic rings. The number of aromatic nitrogens is 1. The summed E-state index contributed by atoms with van der Waals surface area (Å²) in [6, 6.07) is 4.34. The van der Waals surface area contributed by atoms with Crippen LogP contribution in [0.4, 0.5) is 9.52 Å². The van der Waals surface area contributed by atoms with Crippen LogP contribution in [0.5, 0.6) is 0 Å². The maximum Gasteiger partial charge on any atom is 0.254 e. The molecule has 0 radical (unpaired) electrons. The van der Waals surface area contributed by atoms with Gasteiger partial charge in [-0.1, -0.05) is 12.1 Å². The summed E-state index contributed by atoms with van der Waals surface area (Å²) in [7, 11) is 0. The Labute approximate surface area is 167 Å². The Morgan fingerprint density at radius 1 is 1.36 bits per heavy atom. The zero-order valence-electron chi connectivity index (χ0n) is 14.3. The predicted octanol–water partition coefficient (Wildman–Crippen LogP) is 0.0403. The van der Waals surface area contributed by atoms with E-state index in [4.69, 9.17) is 5.73 Å². The van der Waals surface area contributed by atoms with E-state index in [0.717, 1.165) is 17.8 Å². The summed E-state index contributed by atoms with van der Waals surface area (Å²) >= 11 is 2.42. The number of thiazole rings is 1. The number of carbonyl (C=O) groups excluding carboxylic acids is 3. The van der Waals surface area contributed by atoms with Crippen molar-refractivity contribution in [2.45, 2.75) is 17.7 Å². The number of amides is 3. The molecule has 6 N–H and O–H groups in total. The molecule has 0 saturated carbocycles. The van der Waals surface area contributed by atoms with Crippen LogP contribution in [0.25, 0.3) is 0 Å². The number of halogens is 1. The summed E-state index contributed by atoms with van der Waals surface area (Å²) in [5.41, 5.74) is 5.14. The SMILES string of the molecule is NC1NC(SCC(=O)Nc2nccs2)NC(=O)C1NC(=O)c1ccccc1F. The van der Waals surface area contributed by atoms with Crippen molar-refractivity contribution < 1.29 is 18.8 Å². The summed E-state index contributed by atoms with van der Waals surface area (Å²) in [4.78, 5) is 40.3. The summed E-state index contributed by atoms with van der Waals surface area (Å²) in [6.45, 7) is 0. The Balaban J connectivity index is 1.51. The maximum atomic E-state index is 13.7. The normalized spacial score (nSPS) is 21.6. The summed E-state index contributed by atoms with van der Waals surface area (Å²) in [5, 5.41) is 12.8. The molecule has 1 aliphatic heterocycles. The predicted molar refractivity (Wildman–Crippen MR) is 104 cm³/mol. The van der Waals surface area contributed by atoms with E-state index >= 15 is 0 Å². The lowest BCUT2D eigenvalue weighted by Crippen LogP contribution is -2.70. The van der Waals surface area contributed by atoms with Crippen molar-refractivity contribution >= 4 is 46.0 Å². The molecule has 0 spiro atoms. The van der Waals surface area contributed by atoms with Crippen LogP contribution in [0, 0.1) is 5.82 Å². The van der Waals surface area contributed by atoms with E-state index in [0.29, 0.717) is 5.13 Å². The van der Waals surface area contributed by atoms with Gasteiger partial charge in [-0.05, 0) is 12.1 Å². The fraction of sp³-hybridized carbons (Fsp3) is 0.250. The van der Waals surface area contributed by atoms with E-state index in [2.05, 4.69) is 26.3 Å². The number of benzene rings is 1. The Kier molecular flexibility index (Phi) is 6.57. The van der Waals surface area contributed by atoms with Crippen LogP contribution >= 0.6 is 23.1 Å². The number of thioether (sulfide) groups is 1. The van der Waals surface area contributed by atoms with Gasteiger partial charge in [0.1, 0.15) is 17.4 Å². The molecule has 12 heteroatoms. The van der Waals surface area contributed by atoms with Gasteiger partial charge < -0.3 is 21.7 Å². The van der Waals surface area contributed by atoms with Crippen LogP contribution in [0.15, 0.2) is 35.8 Å². The molecule has 1 saturated heterocycles. The van der Waals surface area contributed by atoms with E-state index in [1.54, 1.807) is 11.6 Å². The molecule has 1 aromatic carbocycles. The van der Waals surface area contributed by atoms with E-state index < -0.39 is 35.3 Å². The van der Waals surface area contributed by atoms with Crippen LogP contribution in [-0.4, -0.2) is 46.2 Å². The highest BCUT2D eigenvalue weighted by molar-refractivity contribution is 8.00. The molecule has 9 nitrogen and oxygen atoms in total. The van der Waals surface area contributed by atoms with Crippen molar-refractivity contribution in [3.8, 4) is 0 Å².